The number of carboxylic acids is 1. The molecule has 0 saturated heterocycles. The second kappa shape index (κ2) is 5.19. The van der Waals surface area contributed by atoms with E-state index in [9.17, 15) is 4.79 Å². The van der Waals surface area contributed by atoms with Gasteiger partial charge in [0, 0.05) is 11.4 Å². The predicted octanol–water partition coefficient (Wildman–Crippen LogP) is 1.81. The van der Waals surface area contributed by atoms with Gasteiger partial charge in [0.15, 0.2) is 0 Å². The number of carboxylic acid groups (broad SMARTS) is 1. The number of aliphatic carboxylic acids is 1. The van der Waals surface area contributed by atoms with Crippen LogP contribution in [0.2, 0.25) is 0 Å². The summed E-state index contributed by atoms with van der Waals surface area (Å²) < 4.78 is 0. The zero-order valence-corrected chi connectivity index (χ0v) is 9.67. The van der Waals surface area contributed by atoms with E-state index in [1.165, 1.54) is 17.3 Å². The van der Waals surface area contributed by atoms with Gasteiger partial charge in [-0.05, 0) is 25.5 Å². The van der Waals surface area contributed by atoms with Crippen LogP contribution in [0.5, 0.6) is 0 Å². The monoisotopic (exact) mass is 225 g/mol. The van der Waals surface area contributed by atoms with E-state index in [1.807, 2.05) is 32.0 Å². The quantitative estimate of drug-likeness (QED) is 0.767. The Bertz CT molecular complexity index is 366. The maximum atomic E-state index is 10.8. The van der Waals surface area contributed by atoms with Crippen molar-refractivity contribution in [3.05, 3.63) is 29.3 Å². The zero-order chi connectivity index (χ0) is 11.4. The molecule has 4 heteroatoms. The molecule has 0 fully saturated rings. The number of benzene rings is 1. The van der Waals surface area contributed by atoms with Gasteiger partial charge in [0.2, 0.25) is 0 Å². The Morgan fingerprint density at radius 1 is 1.53 bits per heavy atom. The number of carbonyl (C=O) groups is 1. The van der Waals surface area contributed by atoms with Crippen LogP contribution in [0.1, 0.15) is 11.1 Å². The van der Waals surface area contributed by atoms with Crippen LogP contribution in [0.3, 0.4) is 0 Å². The van der Waals surface area contributed by atoms with Crippen molar-refractivity contribution in [1.29, 1.82) is 0 Å². The first kappa shape index (κ1) is 12.1. The molecule has 0 radical (unpaired) electrons. The smallest absolute Gasteiger partial charge is 0.318 e. The van der Waals surface area contributed by atoms with Gasteiger partial charge in [-0.2, -0.15) is 0 Å². The molecule has 0 bridgehead atoms. The minimum atomic E-state index is -0.859. The van der Waals surface area contributed by atoms with Crippen LogP contribution >= 0.6 is 11.8 Å². The van der Waals surface area contributed by atoms with Crippen molar-refractivity contribution in [1.82, 2.24) is 0 Å². The fourth-order valence-electron chi connectivity index (χ4n) is 1.28. The van der Waals surface area contributed by atoms with Crippen LogP contribution in [0.25, 0.3) is 0 Å². The molecule has 1 aromatic rings. The molecule has 0 aliphatic rings. The summed E-state index contributed by atoms with van der Waals surface area (Å²) in [6, 6.07) is 5.96. The summed E-state index contributed by atoms with van der Waals surface area (Å²) in [6.45, 7) is 4.14. The van der Waals surface area contributed by atoms with Crippen LogP contribution in [-0.2, 0) is 4.79 Å². The van der Waals surface area contributed by atoms with Crippen molar-refractivity contribution >= 4 is 17.7 Å². The van der Waals surface area contributed by atoms with Crippen LogP contribution in [-0.4, -0.2) is 22.9 Å². The lowest BCUT2D eigenvalue weighted by molar-refractivity contribution is -0.136. The molecule has 0 aliphatic carbocycles. The van der Waals surface area contributed by atoms with Gasteiger partial charge in [0.1, 0.15) is 5.25 Å². The Balaban J connectivity index is 2.84. The van der Waals surface area contributed by atoms with Gasteiger partial charge < -0.3 is 10.8 Å². The number of thioether (sulfide) groups is 1. The highest BCUT2D eigenvalue weighted by Gasteiger charge is 2.17. The molecule has 1 rings (SSSR count). The number of hydrogen-bond acceptors (Lipinski definition) is 3. The number of nitrogens with two attached hydrogens (primary N) is 1. The lowest BCUT2D eigenvalue weighted by Gasteiger charge is -2.11. The van der Waals surface area contributed by atoms with Gasteiger partial charge in [0.05, 0.1) is 0 Å². The van der Waals surface area contributed by atoms with Crippen LogP contribution < -0.4 is 5.73 Å². The van der Waals surface area contributed by atoms with Crippen LogP contribution in [0, 0.1) is 13.8 Å². The first-order valence-corrected chi connectivity index (χ1v) is 5.59. The van der Waals surface area contributed by atoms with Crippen molar-refractivity contribution in [3.63, 3.8) is 0 Å². The third-order valence-corrected chi connectivity index (χ3v) is 3.48. The van der Waals surface area contributed by atoms with Gasteiger partial charge in [-0.1, -0.05) is 17.7 Å². The van der Waals surface area contributed by atoms with Gasteiger partial charge in [-0.3, -0.25) is 4.79 Å². The van der Waals surface area contributed by atoms with E-state index in [2.05, 4.69) is 0 Å². The number of rotatable bonds is 4. The minimum absolute atomic E-state index is 0.146. The molecule has 15 heavy (non-hydrogen) atoms. The second-order valence-electron chi connectivity index (χ2n) is 3.45. The first-order valence-electron chi connectivity index (χ1n) is 4.71. The summed E-state index contributed by atoms with van der Waals surface area (Å²) in [5, 5.41) is 8.32. The topological polar surface area (TPSA) is 63.3 Å². The summed E-state index contributed by atoms with van der Waals surface area (Å²) in [7, 11) is 0. The maximum absolute atomic E-state index is 10.8. The highest BCUT2D eigenvalue weighted by atomic mass is 32.2. The lowest BCUT2D eigenvalue weighted by atomic mass is 10.2. The molecular formula is C11H15NO2S. The Morgan fingerprint density at radius 2 is 2.20 bits per heavy atom. The standard InChI is InChI=1S/C11H15NO2S/c1-7-3-4-9(8(2)5-7)15-10(6-12)11(13)14/h3-5,10H,6,12H2,1-2H3,(H,13,14). The lowest BCUT2D eigenvalue weighted by Crippen LogP contribution is -2.25. The third kappa shape index (κ3) is 3.25. The molecule has 0 amide bonds. The van der Waals surface area contributed by atoms with Gasteiger partial charge >= 0.3 is 5.97 Å². The highest BCUT2D eigenvalue weighted by Crippen LogP contribution is 2.26. The largest absolute Gasteiger partial charge is 0.480 e. The summed E-state index contributed by atoms with van der Waals surface area (Å²) in [5.41, 5.74) is 7.67. The Kier molecular flexibility index (Phi) is 4.17. The summed E-state index contributed by atoms with van der Waals surface area (Å²) in [6.07, 6.45) is 0. The predicted molar refractivity (Wildman–Crippen MR) is 62.3 cm³/mol. The molecule has 0 spiro atoms. The highest BCUT2D eigenvalue weighted by molar-refractivity contribution is 8.00. The normalized spacial score (nSPS) is 12.5. The van der Waals surface area contributed by atoms with Crippen molar-refractivity contribution in [2.24, 2.45) is 5.73 Å². The molecule has 1 atom stereocenters. The summed E-state index contributed by atoms with van der Waals surface area (Å²) >= 11 is 1.31. The molecule has 82 valence electrons. The molecular weight excluding hydrogens is 210 g/mol. The molecule has 0 aliphatic heterocycles. The molecule has 0 saturated carbocycles. The maximum Gasteiger partial charge on any atom is 0.318 e. The zero-order valence-electron chi connectivity index (χ0n) is 8.86. The van der Waals surface area contributed by atoms with Gasteiger partial charge in [-0.25, -0.2) is 0 Å². The fourth-order valence-corrected chi connectivity index (χ4v) is 2.18. The SMILES string of the molecule is Cc1ccc(SC(CN)C(=O)O)c(C)c1. The first-order chi connectivity index (χ1) is 7.04. The van der Waals surface area contributed by atoms with Crippen LogP contribution in [0.4, 0.5) is 0 Å². The molecule has 1 aromatic carbocycles. The molecule has 0 aromatic heterocycles. The Morgan fingerprint density at radius 3 is 2.67 bits per heavy atom. The van der Waals surface area contributed by atoms with E-state index in [-0.39, 0.29) is 6.54 Å². The molecule has 0 heterocycles. The van der Waals surface area contributed by atoms with Crippen molar-refractivity contribution in [3.8, 4) is 0 Å². The number of hydrogen-bond donors (Lipinski definition) is 2. The average molecular weight is 225 g/mol. The van der Waals surface area contributed by atoms with Crippen molar-refractivity contribution in [2.75, 3.05) is 6.54 Å². The van der Waals surface area contributed by atoms with E-state index in [4.69, 9.17) is 10.8 Å². The van der Waals surface area contributed by atoms with E-state index >= 15 is 0 Å². The second-order valence-corrected chi connectivity index (χ2v) is 4.69. The molecule has 1 unspecified atom stereocenters. The number of aryl methyl sites for hydroxylation is 2. The molecule has 3 nitrogen and oxygen atoms in total. The Labute approximate surface area is 93.7 Å². The average Bonchev–Trinajstić information content (AvgIpc) is 2.16. The van der Waals surface area contributed by atoms with E-state index in [0.717, 1.165) is 10.5 Å². The van der Waals surface area contributed by atoms with Crippen molar-refractivity contribution in [2.45, 2.75) is 24.0 Å². The minimum Gasteiger partial charge on any atom is -0.480 e. The summed E-state index contributed by atoms with van der Waals surface area (Å²) in [5.74, 6) is -0.859. The summed E-state index contributed by atoms with van der Waals surface area (Å²) in [4.78, 5) is 11.8. The third-order valence-electron chi connectivity index (χ3n) is 2.09. The van der Waals surface area contributed by atoms with Crippen molar-refractivity contribution < 1.29 is 9.90 Å². The van der Waals surface area contributed by atoms with E-state index < -0.39 is 11.2 Å². The van der Waals surface area contributed by atoms with Gasteiger partial charge in [-0.15, -0.1) is 11.8 Å². The molecule has 3 N–H and O–H groups in total. The van der Waals surface area contributed by atoms with Crippen LogP contribution in [0.15, 0.2) is 23.1 Å². The fraction of sp³-hybridized carbons (Fsp3) is 0.364. The Hall–Kier alpha value is -1.00. The van der Waals surface area contributed by atoms with E-state index in [0.29, 0.717) is 0 Å². The van der Waals surface area contributed by atoms with E-state index in [1.54, 1.807) is 0 Å². The van der Waals surface area contributed by atoms with Gasteiger partial charge in [0.25, 0.3) is 0 Å².